The molecule has 1 aliphatic rings. The molecule has 0 saturated heterocycles. The molecule has 5 nitrogen and oxygen atoms in total. The fraction of sp³-hybridized carbons (Fsp3) is 0.385. The summed E-state index contributed by atoms with van der Waals surface area (Å²) in [5.41, 5.74) is 1.04. The molecule has 0 atom stereocenters. The van der Waals surface area contributed by atoms with Gasteiger partial charge in [0.05, 0.1) is 17.1 Å². The van der Waals surface area contributed by atoms with E-state index in [1.807, 2.05) is 0 Å². The number of hydrogen-bond acceptors (Lipinski definition) is 3. The van der Waals surface area contributed by atoms with Crippen LogP contribution < -0.4 is 10.6 Å². The number of nitrogens with one attached hydrogen (secondary N) is 2. The Hall–Kier alpha value is -1.59. The van der Waals surface area contributed by atoms with Crippen molar-refractivity contribution in [3.8, 4) is 0 Å². The first-order valence-electron chi connectivity index (χ1n) is 5.82. The summed E-state index contributed by atoms with van der Waals surface area (Å²) >= 11 is 6.09. The Morgan fingerprint density at radius 3 is 2.79 bits per heavy atom. The van der Waals surface area contributed by atoms with E-state index in [2.05, 4.69) is 10.6 Å². The molecule has 1 aliphatic heterocycles. The van der Waals surface area contributed by atoms with Gasteiger partial charge in [-0.1, -0.05) is 11.6 Å². The van der Waals surface area contributed by atoms with Gasteiger partial charge in [0.2, 0.25) is 5.91 Å². The van der Waals surface area contributed by atoms with Gasteiger partial charge in [0.1, 0.15) is 5.60 Å². The third-order valence-electron chi connectivity index (χ3n) is 3.12. The van der Waals surface area contributed by atoms with Gasteiger partial charge in [-0.3, -0.25) is 9.59 Å². The van der Waals surface area contributed by atoms with E-state index in [-0.39, 0.29) is 11.8 Å². The average molecular weight is 283 g/mol. The summed E-state index contributed by atoms with van der Waals surface area (Å²) in [7, 11) is 1.46. The van der Waals surface area contributed by atoms with Gasteiger partial charge in [0, 0.05) is 12.8 Å². The minimum atomic E-state index is -0.948. The van der Waals surface area contributed by atoms with Crippen LogP contribution in [0.15, 0.2) is 12.1 Å². The number of carbonyl (C=O) groups excluding carboxylic acids is 2. The van der Waals surface area contributed by atoms with Gasteiger partial charge in [-0.2, -0.15) is 0 Å². The van der Waals surface area contributed by atoms with Crippen molar-refractivity contribution in [1.82, 2.24) is 0 Å². The lowest BCUT2D eigenvalue weighted by molar-refractivity contribution is -0.133. The Bertz CT molecular complexity index is 555. The Balaban J connectivity index is 2.25. The van der Waals surface area contributed by atoms with Gasteiger partial charge < -0.3 is 15.4 Å². The van der Waals surface area contributed by atoms with E-state index in [0.717, 1.165) is 5.56 Å². The number of rotatable bonds is 3. The quantitative estimate of drug-likeness (QED) is 0.893. The molecule has 2 rings (SSSR count). The number of methoxy groups -OCH3 is 1. The Morgan fingerprint density at radius 1 is 1.47 bits per heavy atom. The van der Waals surface area contributed by atoms with E-state index in [1.165, 1.54) is 7.11 Å². The lowest BCUT2D eigenvalue weighted by Crippen LogP contribution is -2.38. The monoisotopic (exact) mass is 282 g/mol. The highest BCUT2D eigenvalue weighted by molar-refractivity contribution is 6.34. The van der Waals surface area contributed by atoms with Gasteiger partial charge >= 0.3 is 0 Å². The molecular formula is C13H15ClN2O3. The van der Waals surface area contributed by atoms with Crippen molar-refractivity contribution in [3.05, 3.63) is 22.7 Å². The van der Waals surface area contributed by atoms with Crippen molar-refractivity contribution in [2.75, 3.05) is 17.7 Å². The average Bonchev–Trinajstić information content (AvgIpc) is 2.68. The maximum atomic E-state index is 12.0. The van der Waals surface area contributed by atoms with E-state index in [9.17, 15) is 9.59 Å². The molecule has 1 heterocycles. The number of amides is 2. The van der Waals surface area contributed by atoms with Crippen LogP contribution in [0.3, 0.4) is 0 Å². The van der Waals surface area contributed by atoms with Crippen LogP contribution in [-0.2, 0) is 20.7 Å². The third-order valence-corrected chi connectivity index (χ3v) is 3.44. The molecule has 1 aromatic rings. The number of carbonyl (C=O) groups is 2. The highest BCUT2D eigenvalue weighted by atomic mass is 35.5. The molecule has 0 unspecified atom stereocenters. The van der Waals surface area contributed by atoms with Gasteiger partial charge in [-0.25, -0.2) is 0 Å². The molecule has 0 bridgehead atoms. The van der Waals surface area contributed by atoms with Crippen LogP contribution in [0.2, 0.25) is 5.02 Å². The molecule has 6 heteroatoms. The molecule has 19 heavy (non-hydrogen) atoms. The number of benzene rings is 1. The molecular weight excluding hydrogens is 268 g/mol. The first kappa shape index (κ1) is 13.8. The fourth-order valence-corrected chi connectivity index (χ4v) is 1.92. The SMILES string of the molecule is COC(C)(C)C(=O)Nc1cc2c(cc1Cl)NC(=O)C2. The van der Waals surface area contributed by atoms with Crippen LogP contribution in [0.1, 0.15) is 19.4 Å². The van der Waals surface area contributed by atoms with Crippen molar-refractivity contribution in [2.24, 2.45) is 0 Å². The van der Waals surface area contributed by atoms with Crippen LogP contribution in [-0.4, -0.2) is 24.5 Å². The summed E-state index contributed by atoms with van der Waals surface area (Å²) < 4.78 is 5.10. The highest BCUT2D eigenvalue weighted by Crippen LogP contribution is 2.33. The smallest absolute Gasteiger partial charge is 0.256 e. The van der Waals surface area contributed by atoms with Crippen molar-refractivity contribution >= 4 is 34.8 Å². The molecule has 102 valence electrons. The van der Waals surface area contributed by atoms with Crippen molar-refractivity contribution in [3.63, 3.8) is 0 Å². The van der Waals surface area contributed by atoms with Gasteiger partial charge in [0.25, 0.3) is 5.91 Å². The van der Waals surface area contributed by atoms with Crippen LogP contribution in [0.4, 0.5) is 11.4 Å². The largest absolute Gasteiger partial charge is 0.369 e. The zero-order chi connectivity index (χ0) is 14.2. The summed E-state index contributed by atoms with van der Waals surface area (Å²) in [5, 5.41) is 5.79. The zero-order valence-corrected chi connectivity index (χ0v) is 11.7. The molecule has 0 aliphatic carbocycles. The van der Waals surface area contributed by atoms with E-state index in [4.69, 9.17) is 16.3 Å². The Morgan fingerprint density at radius 2 is 2.16 bits per heavy atom. The number of halogens is 1. The van der Waals surface area contributed by atoms with E-state index >= 15 is 0 Å². The molecule has 0 spiro atoms. The lowest BCUT2D eigenvalue weighted by atomic mass is 10.1. The van der Waals surface area contributed by atoms with E-state index < -0.39 is 5.60 Å². The van der Waals surface area contributed by atoms with Crippen molar-refractivity contribution in [2.45, 2.75) is 25.9 Å². The number of anilines is 2. The molecule has 1 aromatic carbocycles. The van der Waals surface area contributed by atoms with Crippen LogP contribution in [0.25, 0.3) is 0 Å². The maximum Gasteiger partial charge on any atom is 0.256 e. The molecule has 0 fully saturated rings. The van der Waals surface area contributed by atoms with Gasteiger partial charge in [0.15, 0.2) is 0 Å². The van der Waals surface area contributed by atoms with Crippen LogP contribution in [0.5, 0.6) is 0 Å². The minimum Gasteiger partial charge on any atom is -0.369 e. The normalized spacial score (nSPS) is 14.0. The second kappa shape index (κ2) is 4.83. The maximum absolute atomic E-state index is 12.0. The predicted molar refractivity (Wildman–Crippen MR) is 73.5 cm³/mol. The molecule has 2 amide bonds. The standard InChI is InChI=1S/C13H15ClN2O3/c1-13(2,19-3)12(18)16-10-4-7-5-11(17)15-9(7)6-8(10)14/h4,6H,5H2,1-3H3,(H,15,17)(H,16,18). The van der Waals surface area contributed by atoms with Gasteiger partial charge in [-0.05, 0) is 31.5 Å². The van der Waals surface area contributed by atoms with Gasteiger partial charge in [-0.15, -0.1) is 0 Å². The van der Waals surface area contributed by atoms with Crippen molar-refractivity contribution < 1.29 is 14.3 Å². The summed E-state index contributed by atoms with van der Waals surface area (Å²) in [6.07, 6.45) is 0.295. The molecule has 0 aromatic heterocycles. The molecule has 2 N–H and O–H groups in total. The summed E-state index contributed by atoms with van der Waals surface area (Å²) in [6, 6.07) is 3.34. The number of fused-ring (bicyclic) bond motifs is 1. The predicted octanol–water partition coefficient (Wildman–Crippen LogP) is 2.20. The Kier molecular flexibility index (Phi) is 3.52. The van der Waals surface area contributed by atoms with E-state index in [1.54, 1.807) is 26.0 Å². The van der Waals surface area contributed by atoms with Crippen LogP contribution in [0, 0.1) is 0 Å². The zero-order valence-electron chi connectivity index (χ0n) is 11.0. The van der Waals surface area contributed by atoms with E-state index in [0.29, 0.717) is 22.8 Å². The summed E-state index contributed by atoms with van der Waals surface area (Å²) in [4.78, 5) is 23.3. The molecule has 0 saturated carbocycles. The topological polar surface area (TPSA) is 67.4 Å². The van der Waals surface area contributed by atoms with Crippen molar-refractivity contribution in [1.29, 1.82) is 0 Å². The number of ether oxygens (including phenoxy) is 1. The van der Waals surface area contributed by atoms with Crippen LogP contribution >= 0.6 is 11.6 Å². The second-order valence-corrected chi connectivity index (χ2v) is 5.29. The summed E-state index contributed by atoms with van der Waals surface area (Å²) in [5.74, 6) is -0.374. The molecule has 0 radical (unpaired) electrons. The highest BCUT2D eigenvalue weighted by Gasteiger charge is 2.28. The lowest BCUT2D eigenvalue weighted by Gasteiger charge is -2.22. The second-order valence-electron chi connectivity index (χ2n) is 4.88. The minimum absolute atomic E-state index is 0.0771. The Labute approximate surface area is 116 Å². The fourth-order valence-electron chi connectivity index (χ4n) is 1.71. The summed E-state index contributed by atoms with van der Waals surface area (Å²) in [6.45, 7) is 3.32. The first-order valence-corrected chi connectivity index (χ1v) is 6.20. The third kappa shape index (κ3) is 2.72. The number of hydrogen-bond donors (Lipinski definition) is 2. The first-order chi connectivity index (χ1) is 8.83.